The summed E-state index contributed by atoms with van der Waals surface area (Å²) >= 11 is 15.1. The Morgan fingerprint density at radius 1 is 1.33 bits per heavy atom. The van der Waals surface area contributed by atoms with Crippen LogP contribution in [0.5, 0.6) is 0 Å². The van der Waals surface area contributed by atoms with E-state index in [2.05, 4.69) is 44.8 Å². The molecule has 1 unspecified atom stereocenters. The third-order valence-corrected chi connectivity index (χ3v) is 5.17. The molecule has 0 aliphatic heterocycles. The molecule has 1 heterocycles. The van der Waals surface area contributed by atoms with E-state index in [1.165, 1.54) is 31.2 Å². The molecule has 1 aromatic rings. The fourth-order valence-electron chi connectivity index (χ4n) is 1.47. The lowest BCUT2D eigenvalue weighted by Crippen LogP contribution is -1.89. The quantitative estimate of drug-likeness (QED) is 0.392. The van der Waals surface area contributed by atoms with Crippen LogP contribution in [0.3, 0.4) is 0 Å². The largest absolute Gasteiger partial charge is 0.121 e. The molecule has 0 aliphatic carbocycles. The van der Waals surface area contributed by atoms with Crippen LogP contribution in [0.15, 0.2) is 13.6 Å². The van der Waals surface area contributed by atoms with Crippen molar-refractivity contribution in [1.29, 1.82) is 0 Å². The van der Waals surface area contributed by atoms with Gasteiger partial charge in [-0.2, -0.15) is 0 Å². The molecule has 1 atom stereocenters. The summed E-state index contributed by atoms with van der Waals surface area (Å²) < 4.78 is 2.30. The van der Waals surface area contributed by atoms with Gasteiger partial charge < -0.3 is 0 Å². The Labute approximate surface area is 118 Å². The van der Waals surface area contributed by atoms with E-state index in [4.69, 9.17) is 11.6 Å². The van der Waals surface area contributed by atoms with Gasteiger partial charge in [-0.1, -0.05) is 32.6 Å². The van der Waals surface area contributed by atoms with Crippen molar-refractivity contribution in [3.8, 4) is 0 Å². The van der Waals surface area contributed by atoms with Crippen molar-refractivity contribution in [1.82, 2.24) is 0 Å². The summed E-state index contributed by atoms with van der Waals surface area (Å²) in [5.74, 6) is 0. The summed E-state index contributed by atoms with van der Waals surface area (Å²) in [5, 5.41) is 0.152. The van der Waals surface area contributed by atoms with Crippen LogP contribution in [-0.2, 0) is 0 Å². The minimum Gasteiger partial charge on any atom is -0.121 e. The zero-order chi connectivity index (χ0) is 11.3. The molecule has 0 spiro atoms. The lowest BCUT2D eigenvalue weighted by atomic mass is 10.1. The highest BCUT2D eigenvalue weighted by Crippen LogP contribution is 2.39. The molecule has 0 amide bonds. The fraction of sp³-hybridized carbons (Fsp3) is 0.636. The molecule has 0 fully saturated rings. The van der Waals surface area contributed by atoms with Gasteiger partial charge in [0.1, 0.15) is 0 Å². The smallest absolute Gasteiger partial charge is 0.0757 e. The second-order valence-corrected chi connectivity index (χ2v) is 7.87. The summed E-state index contributed by atoms with van der Waals surface area (Å²) in [6.45, 7) is 2.23. The van der Waals surface area contributed by atoms with Crippen LogP contribution in [0.25, 0.3) is 0 Å². The molecule has 0 bridgehead atoms. The summed E-state index contributed by atoms with van der Waals surface area (Å²) in [4.78, 5) is 0. The van der Waals surface area contributed by atoms with Crippen LogP contribution in [-0.4, -0.2) is 0 Å². The minimum absolute atomic E-state index is 0.152. The standard InChI is InChI=1S/C11H15Br2ClS/c1-2-3-4-5-6-9(14)8-7-10(12)15-11(8)13/h7,9H,2-6H2,1H3. The molecule has 0 aliphatic rings. The maximum atomic E-state index is 6.36. The second-order valence-electron chi connectivity index (χ2n) is 3.60. The number of rotatable bonds is 6. The fourth-order valence-corrected chi connectivity index (χ4v) is 4.97. The lowest BCUT2D eigenvalue weighted by molar-refractivity contribution is 0.624. The van der Waals surface area contributed by atoms with Crippen molar-refractivity contribution in [2.75, 3.05) is 0 Å². The van der Waals surface area contributed by atoms with Gasteiger partial charge in [0.15, 0.2) is 0 Å². The van der Waals surface area contributed by atoms with E-state index in [1.807, 2.05) is 0 Å². The van der Waals surface area contributed by atoms with Crippen molar-refractivity contribution in [3.05, 3.63) is 19.2 Å². The molecular weight excluding hydrogens is 359 g/mol. The molecule has 0 nitrogen and oxygen atoms in total. The first-order valence-corrected chi connectivity index (χ1v) is 8.07. The average molecular weight is 375 g/mol. The Morgan fingerprint density at radius 3 is 2.60 bits per heavy atom. The summed E-state index contributed by atoms with van der Waals surface area (Å²) in [6.07, 6.45) is 6.19. The van der Waals surface area contributed by atoms with E-state index in [-0.39, 0.29) is 5.38 Å². The Hall–Kier alpha value is 0.950. The Balaban J connectivity index is 2.39. The van der Waals surface area contributed by atoms with E-state index in [0.717, 1.165) is 14.0 Å². The first kappa shape index (κ1) is 14.0. The van der Waals surface area contributed by atoms with E-state index in [9.17, 15) is 0 Å². The molecule has 1 aromatic heterocycles. The van der Waals surface area contributed by atoms with Crippen molar-refractivity contribution >= 4 is 54.8 Å². The zero-order valence-corrected chi connectivity index (χ0v) is 13.5. The maximum Gasteiger partial charge on any atom is 0.0757 e. The lowest BCUT2D eigenvalue weighted by Gasteiger charge is -2.07. The van der Waals surface area contributed by atoms with Gasteiger partial charge in [-0.3, -0.25) is 0 Å². The third kappa shape index (κ3) is 4.76. The average Bonchev–Trinajstić information content (AvgIpc) is 2.52. The number of hydrogen-bond donors (Lipinski definition) is 0. The predicted octanol–water partition coefficient (Wildman–Crippen LogP) is 6.52. The Morgan fingerprint density at radius 2 is 2.07 bits per heavy atom. The monoisotopic (exact) mass is 372 g/mol. The summed E-state index contributed by atoms with van der Waals surface area (Å²) in [5.41, 5.74) is 1.23. The molecule has 15 heavy (non-hydrogen) atoms. The van der Waals surface area contributed by atoms with Crippen molar-refractivity contribution in [2.45, 2.75) is 44.4 Å². The van der Waals surface area contributed by atoms with E-state index in [0.29, 0.717) is 0 Å². The molecule has 0 radical (unpaired) electrons. The number of halogens is 3. The summed E-state index contributed by atoms with van der Waals surface area (Å²) in [7, 11) is 0. The number of hydrogen-bond acceptors (Lipinski definition) is 1. The highest BCUT2D eigenvalue weighted by molar-refractivity contribution is 9.12. The van der Waals surface area contributed by atoms with Crippen molar-refractivity contribution < 1.29 is 0 Å². The number of thiophene rings is 1. The van der Waals surface area contributed by atoms with Crippen molar-refractivity contribution in [2.24, 2.45) is 0 Å². The first-order valence-electron chi connectivity index (χ1n) is 5.24. The number of unbranched alkanes of at least 4 members (excludes halogenated alkanes) is 3. The maximum absolute atomic E-state index is 6.36. The first-order chi connectivity index (χ1) is 7.15. The normalized spacial score (nSPS) is 13.1. The molecule has 4 heteroatoms. The van der Waals surface area contributed by atoms with Crippen LogP contribution in [0.1, 0.15) is 50.0 Å². The van der Waals surface area contributed by atoms with Gasteiger partial charge in [0.25, 0.3) is 0 Å². The molecule has 0 N–H and O–H groups in total. The molecule has 0 saturated carbocycles. The van der Waals surface area contributed by atoms with Gasteiger partial charge in [0.05, 0.1) is 12.9 Å². The summed E-state index contributed by atoms with van der Waals surface area (Å²) in [6, 6.07) is 2.12. The third-order valence-electron chi connectivity index (χ3n) is 2.33. The van der Waals surface area contributed by atoms with Gasteiger partial charge in [-0.15, -0.1) is 22.9 Å². The predicted molar refractivity (Wildman–Crippen MR) is 77.1 cm³/mol. The van der Waals surface area contributed by atoms with Gasteiger partial charge in [-0.25, -0.2) is 0 Å². The SMILES string of the molecule is CCCCCCC(Cl)c1cc(Br)sc1Br. The van der Waals surface area contributed by atoms with Crippen LogP contribution in [0.2, 0.25) is 0 Å². The topological polar surface area (TPSA) is 0 Å². The van der Waals surface area contributed by atoms with Crippen LogP contribution in [0.4, 0.5) is 0 Å². The van der Waals surface area contributed by atoms with Crippen molar-refractivity contribution in [3.63, 3.8) is 0 Å². The van der Waals surface area contributed by atoms with Crippen LogP contribution >= 0.6 is 54.8 Å². The Kier molecular flexibility index (Phi) is 6.83. The number of alkyl halides is 1. The molecule has 1 rings (SSSR count). The van der Waals surface area contributed by atoms with E-state index >= 15 is 0 Å². The molecule has 0 aromatic carbocycles. The van der Waals surface area contributed by atoms with Gasteiger partial charge in [-0.05, 0) is 49.9 Å². The van der Waals surface area contributed by atoms with E-state index < -0.39 is 0 Å². The van der Waals surface area contributed by atoms with Gasteiger partial charge >= 0.3 is 0 Å². The molecule has 0 saturated heterocycles. The van der Waals surface area contributed by atoms with Crippen LogP contribution < -0.4 is 0 Å². The highest BCUT2D eigenvalue weighted by Gasteiger charge is 2.14. The zero-order valence-electron chi connectivity index (χ0n) is 8.73. The van der Waals surface area contributed by atoms with E-state index in [1.54, 1.807) is 11.3 Å². The van der Waals surface area contributed by atoms with Crippen LogP contribution in [0, 0.1) is 0 Å². The molecule has 86 valence electrons. The molecular formula is C11H15Br2ClS. The van der Waals surface area contributed by atoms with Gasteiger partial charge in [0, 0.05) is 0 Å². The second kappa shape index (κ2) is 7.31. The minimum atomic E-state index is 0.152. The highest BCUT2D eigenvalue weighted by atomic mass is 79.9. The van der Waals surface area contributed by atoms with Gasteiger partial charge in [0.2, 0.25) is 0 Å². The Bertz CT molecular complexity index is 299.